The van der Waals surface area contributed by atoms with Gasteiger partial charge in [-0.1, -0.05) is 12.1 Å². The molecule has 6 rings (SSSR count). The number of rotatable bonds is 5. The Labute approximate surface area is 214 Å². The number of esters is 1. The van der Waals surface area contributed by atoms with Gasteiger partial charge in [-0.25, -0.2) is 14.6 Å². The van der Waals surface area contributed by atoms with Crippen molar-refractivity contribution < 1.29 is 19.1 Å². The van der Waals surface area contributed by atoms with Crippen LogP contribution < -0.4 is 16.0 Å². The molecule has 1 aromatic carbocycles. The number of nitrogens with one attached hydrogen (secondary N) is 1. The third kappa shape index (κ3) is 4.55. The predicted octanol–water partition coefficient (Wildman–Crippen LogP) is 2.51. The molecule has 10 nitrogen and oxygen atoms in total. The summed E-state index contributed by atoms with van der Waals surface area (Å²) in [7, 11) is 0. The summed E-state index contributed by atoms with van der Waals surface area (Å²) in [5.74, 6) is 0.307. The monoisotopic (exact) mass is 500 g/mol. The minimum absolute atomic E-state index is 0.0458. The Morgan fingerprint density at radius 2 is 2.00 bits per heavy atom. The molecule has 0 bridgehead atoms. The van der Waals surface area contributed by atoms with E-state index in [9.17, 15) is 9.59 Å². The van der Waals surface area contributed by atoms with Crippen LogP contribution in [0, 0.1) is 6.92 Å². The summed E-state index contributed by atoms with van der Waals surface area (Å²) >= 11 is 0. The number of hydrogen-bond acceptors (Lipinski definition) is 9. The third-order valence-electron chi connectivity index (χ3n) is 7.20. The van der Waals surface area contributed by atoms with Crippen molar-refractivity contribution in [2.24, 2.45) is 5.73 Å². The van der Waals surface area contributed by atoms with E-state index < -0.39 is 0 Å². The number of nitrogens with two attached hydrogens (primary N) is 1. The van der Waals surface area contributed by atoms with Crippen molar-refractivity contribution in [2.75, 3.05) is 31.1 Å². The Morgan fingerprint density at radius 1 is 1.11 bits per heavy atom. The number of ether oxygens (including phenoxy) is 2. The second-order valence-electron chi connectivity index (χ2n) is 9.62. The average molecular weight is 501 g/mol. The summed E-state index contributed by atoms with van der Waals surface area (Å²) in [5.41, 5.74) is 13.0. The molecule has 3 N–H and O–H groups in total. The molecule has 0 saturated carbocycles. The molecule has 2 saturated heterocycles. The maximum absolute atomic E-state index is 11.9. The first kappa shape index (κ1) is 23.5. The molecular weight excluding hydrogens is 472 g/mol. The molecule has 1 amide bonds. The first-order valence-corrected chi connectivity index (χ1v) is 12.4. The van der Waals surface area contributed by atoms with Gasteiger partial charge in [0.2, 0.25) is 0 Å². The van der Waals surface area contributed by atoms with Crippen LogP contribution in [0.5, 0.6) is 0 Å². The summed E-state index contributed by atoms with van der Waals surface area (Å²) < 4.78 is 10.2. The number of nitrogens with zero attached hydrogens (tertiary/aromatic N) is 4. The van der Waals surface area contributed by atoms with E-state index >= 15 is 0 Å². The van der Waals surface area contributed by atoms with E-state index in [4.69, 9.17) is 15.2 Å². The van der Waals surface area contributed by atoms with Crippen LogP contribution in [0.2, 0.25) is 0 Å². The van der Waals surface area contributed by atoms with Gasteiger partial charge in [-0.05, 0) is 47.9 Å². The molecular formula is C27H28N6O4. The second-order valence-corrected chi connectivity index (χ2v) is 9.62. The lowest BCUT2D eigenvalue weighted by Crippen LogP contribution is -2.56. The van der Waals surface area contributed by atoms with Crippen molar-refractivity contribution in [2.45, 2.75) is 32.3 Å². The summed E-state index contributed by atoms with van der Waals surface area (Å²) in [6.07, 6.45) is 3.00. The largest absolute Gasteiger partial charge is 0.457 e. The van der Waals surface area contributed by atoms with Crippen LogP contribution in [0.1, 0.15) is 38.7 Å². The SMILES string of the molecule is Cc1c([C@@H]2CN(Cc3ccc(-c4ccnc(N5CCOC5=O)c4)nc3)C[C@H](N)N2)ccc2c1COC2=O. The van der Waals surface area contributed by atoms with E-state index in [1.54, 1.807) is 6.20 Å². The number of carbonyl (C=O) groups is 2. The molecule has 10 heteroatoms. The number of hydrogen-bond donors (Lipinski definition) is 2. The predicted molar refractivity (Wildman–Crippen MR) is 136 cm³/mol. The molecule has 2 atom stereocenters. The van der Waals surface area contributed by atoms with Crippen molar-refractivity contribution in [3.63, 3.8) is 0 Å². The van der Waals surface area contributed by atoms with Gasteiger partial charge in [0.1, 0.15) is 19.0 Å². The number of carbonyl (C=O) groups excluding carboxylic acids is 2. The Hall–Kier alpha value is -3.86. The van der Waals surface area contributed by atoms with Crippen LogP contribution in [0.3, 0.4) is 0 Å². The molecule has 3 aromatic rings. The Kier molecular flexibility index (Phi) is 6.07. The van der Waals surface area contributed by atoms with Gasteiger partial charge in [-0.3, -0.25) is 20.1 Å². The van der Waals surface area contributed by atoms with Gasteiger partial charge < -0.3 is 15.2 Å². The maximum atomic E-state index is 11.9. The molecule has 190 valence electrons. The minimum atomic E-state index is -0.377. The highest BCUT2D eigenvalue weighted by atomic mass is 16.6. The lowest BCUT2D eigenvalue weighted by molar-refractivity contribution is 0.0535. The molecule has 0 unspecified atom stereocenters. The topological polar surface area (TPSA) is 123 Å². The van der Waals surface area contributed by atoms with E-state index in [2.05, 4.69) is 26.3 Å². The molecule has 0 radical (unpaired) electrons. The van der Waals surface area contributed by atoms with Gasteiger partial charge in [-0.2, -0.15) is 0 Å². The van der Waals surface area contributed by atoms with E-state index in [0.29, 0.717) is 44.2 Å². The molecule has 0 aliphatic carbocycles. The second kappa shape index (κ2) is 9.55. The van der Waals surface area contributed by atoms with E-state index in [1.807, 2.05) is 43.5 Å². The van der Waals surface area contributed by atoms with Crippen molar-refractivity contribution in [3.8, 4) is 11.3 Å². The van der Waals surface area contributed by atoms with E-state index in [1.165, 1.54) is 4.90 Å². The van der Waals surface area contributed by atoms with Gasteiger partial charge >= 0.3 is 12.1 Å². The zero-order chi connectivity index (χ0) is 25.5. The number of fused-ring (bicyclic) bond motifs is 1. The molecule has 0 spiro atoms. The fourth-order valence-corrected chi connectivity index (χ4v) is 5.31. The summed E-state index contributed by atoms with van der Waals surface area (Å²) in [5, 5.41) is 3.51. The maximum Gasteiger partial charge on any atom is 0.415 e. The van der Waals surface area contributed by atoms with Crippen molar-refractivity contribution in [3.05, 3.63) is 76.6 Å². The Balaban J connectivity index is 1.16. The molecule has 37 heavy (non-hydrogen) atoms. The van der Waals surface area contributed by atoms with Crippen LogP contribution in [-0.2, 0) is 22.6 Å². The Bertz CT molecular complexity index is 1360. The van der Waals surface area contributed by atoms with Crippen LogP contribution in [0.15, 0.2) is 48.8 Å². The lowest BCUT2D eigenvalue weighted by atomic mass is 9.92. The van der Waals surface area contributed by atoms with Crippen molar-refractivity contribution in [1.82, 2.24) is 20.2 Å². The highest BCUT2D eigenvalue weighted by Crippen LogP contribution is 2.31. The summed E-state index contributed by atoms with van der Waals surface area (Å²) in [6.45, 7) is 5.44. The number of cyclic esters (lactones) is 2. The summed E-state index contributed by atoms with van der Waals surface area (Å²) in [6, 6.07) is 11.7. The minimum Gasteiger partial charge on any atom is -0.457 e. The summed E-state index contributed by atoms with van der Waals surface area (Å²) in [4.78, 5) is 36.6. The zero-order valence-electron chi connectivity index (χ0n) is 20.5. The first-order valence-electron chi connectivity index (χ1n) is 12.4. The molecule has 5 heterocycles. The van der Waals surface area contributed by atoms with E-state index in [0.717, 1.165) is 40.1 Å². The van der Waals surface area contributed by atoms with Gasteiger partial charge in [0, 0.05) is 49.2 Å². The standard InChI is InChI=1S/C27H28N6O4/c1-16-19(3-4-20-21(16)15-37-26(20)34)23-13-32(14-24(28)31-23)12-17-2-5-22(30-11-17)18-6-7-29-25(10-18)33-8-9-36-27(33)35/h2-7,10-11,23-24,31H,8-9,12-15,28H2,1H3/t23-,24+/m0/s1. The van der Waals surface area contributed by atoms with Crippen LogP contribution >= 0.6 is 0 Å². The van der Waals surface area contributed by atoms with Gasteiger partial charge in [0.05, 0.1) is 24.0 Å². The highest BCUT2D eigenvalue weighted by Gasteiger charge is 2.30. The van der Waals surface area contributed by atoms with Crippen LogP contribution in [0.25, 0.3) is 11.3 Å². The lowest BCUT2D eigenvalue weighted by Gasteiger charge is -2.38. The third-order valence-corrected chi connectivity index (χ3v) is 7.20. The average Bonchev–Trinajstić information content (AvgIpc) is 3.50. The van der Waals surface area contributed by atoms with Gasteiger partial charge in [0.25, 0.3) is 0 Å². The number of anilines is 1. The van der Waals surface area contributed by atoms with Crippen LogP contribution in [-0.4, -0.2) is 59.3 Å². The molecule has 3 aliphatic rings. The number of pyridine rings is 2. The normalized spacial score (nSPS) is 21.6. The number of piperazine rings is 1. The first-order chi connectivity index (χ1) is 18.0. The fraction of sp³-hybridized carbons (Fsp3) is 0.333. The Morgan fingerprint density at radius 3 is 2.78 bits per heavy atom. The number of benzene rings is 1. The fourth-order valence-electron chi connectivity index (χ4n) is 5.31. The van der Waals surface area contributed by atoms with Crippen molar-refractivity contribution >= 4 is 17.9 Å². The number of aromatic nitrogens is 2. The van der Waals surface area contributed by atoms with Crippen molar-refractivity contribution in [1.29, 1.82) is 0 Å². The smallest absolute Gasteiger partial charge is 0.415 e. The molecule has 2 aromatic heterocycles. The van der Waals surface area contributed by atoms with Gasteiger partial charge in [-0.15, -0.1) is 0 Å². The molecule has 3 aliphatic heterocycles. The van der Waals surface area contributed by atoms with Crippen LogP contribution in [0.4, 0.5) is 10.6 Å². The molecule has 2 fully saturated rings. The van der Waals surface area contributed by atoms with E-state index in [-0.39, 0.29) is 24.3 Å². The van der Waals surface area contributed by atoms with Gasteiger partial charge in [0.15, 0.2) is 0 Å². The zero-order valence-corrected chi connectivity index (χ0v) is 20.5. The highest BCUT2D eigenvalue weighted by molar-refractivity contribution is 5.94. The quantitative estimate of drug-likeness (QED) is 0.509. The number of amides is 1.